The van der Waals surface area contributed by atoms with Crippen molar-refractivity contribution in [2.75, 3.05) is 18.5 Å². The number of rotatable bonds is 3. The molecule has 0 amide bonds. The summed E-state index contributed by atoms with van der Waals surface area (Å²) in [6, 6.07) is 3.17. The molecule has 1 heterocycles. The summed E-state index contributed by atoms with van der Waals surface area (Å²) in [4.78, 5) is 10.6. The molecule has 3 N–H and O–H groups in total. The van der Waals surface area contributed by atoms with Gasteiger partial charge in [0.25, 0.3) is 5.69 Å². The Morgan fingerprint density at radius 3 is 2.50 bits per heavy atom. The van der Waals surface area contributed by atoms with Gasteiger partial charge in [-0.05, 0) is 6.42 Å². The van der Waals surface area contributed by atoms with Gasteiger partial charge >= 0.3 is 0 Å². The Hall–Kier alpha value is -2.02. The van der Waals surface area contributed by atoms with Crippen molar-refractivity contribution in [1.82, 2.24) is 0 Å². The van der Waals surface area contributed by atoms with Crippen LogP contribution in [0.1, 0.15) is 6.42 Å². The quantitative estimate of drug-likeness (QED) is 0.611. The van der Waals surface area contributed by atoms with Crippen LogP contribution in [0.3, 0.4) is 0 Å². The van der Waals surface area contributed by atoms with E-state index in [0.29, 0.717) is 30.4 Å². The number of hydrogen-bond donors (Lipinski definition) is 2. The van der Waals surface area contributed by atoms with Crippen molar-refractivity contribution >= 4 is 11.4 Å². The first kappa shape index (κ1) is 11.1. The van der Waals surface area contributed by atoms with Gasteiger partial charge in [-0.2, -0.15) is 0 Å². The molecule has 1 aliphatic carbocycles. The van der Waals surface area contributed by atoms with Crippen LogP contribution in [-0.4, -0.2) is 30.2 Å². The maximum absolute atomic E-state index is 11.0. The zero-order chi connectivity index (χ0) is 12.7. The Kier molecular flexibility index (Phi) is 2.48. The number of nitrogens with one attached hydrogen (secondary N) is 1. The third-order valence-electron chi connectivity index (χ3n) is 3.04. The van der Waals surface area contributed by atoms with Gasteiger partial charge in [0.15, 0.2) is 11.5 Å². The summed E-state index contributed by atoms with van der Waals surface area (Å²) < 4.78 is 10.7. The van der Waals surface area contributed by atoms with Crippen LogP contribution >= 0.6 is 0 Å². The zero-order valence-corrected chi connectivity index (χ0v) is 9.59. The van der Waals surface area contributed by atoms with E-state index in [1.54, 1.807) is 6.07 Å². The summed E-state index contributed by atoms with van der Waals surface area (Å²) in [5, 5.41) is 14.1. The van der Waals surface area contributed by atoms with Crippen molar-refractivity contribution in [3.05, 3.63) is 22.2 Å². The first-order valence-corrected chi connectivity index (χ1v) is 5.75. The Balaban J connectivity index is 1.96. The molecule has 0 saturated heterocycles. The minimum Gasteiger partial charge on any atom is -0.486 e. The molecule has 1 fully saturated rings. The smallest absolute Gasteiger partial charge is 0.296 e. The Labute approximate surface area is 103 Å². The fourth-order valence-corrected chi connectivity index (χ4v) is 1.93. The van der Waals surface area contributed by atoms with Crippen LogP contribution in [0.2, 0.25) is 0 Å². The minimum atomic E-state index is -0.436. The lowest BCUT2D eigenvalue weighted by Crippen LogP contribution is -2.17. The molecule has 2 atom stereocenters. The fourth-order valence-electron chi connectivity index (χ4n) is 1.93. The summed E-state index contributed by atoms with van der Waals surface area (Å²) in [5.74, 6) is 0.946. The molecule has 0 spiro atoms. The molecule has 0 aromatic heterocycles. The molecule has 2 aliphatic rings. The second-order valence-electron chi connectivity index (χ2n) is 4.42. The molecule has 18 heavy (non-hydrogen) atoms. The molecule has 0 radical (unpaired) electrons. The molecule has 96 valence electrons. The first-order chi connectivity index (χ1) is 8.65. The number of nitrogens with two attached hydrogens (primary N) is 1. The van der Waals surface area contributed by atoms with Crippen molar-refractivity contribution in [2.24, 2.45) is 5.73 Å². The lowest BCUT2D eigenvalue weighted by atomic mass is 10.2. The van der Waals surface area contributed by atoms with E-state index in [1.165, 1.54) is 6.07 Å². The van der Waals surface area contributed by atoms with Gasteiger partial charge in [0.05, 0.1) is 11.0 Å². The Morgan fingerprint density at radius 1 is 1.33 bits per heavy atom. The van der Waals surface area contributed by atoms with E-state index in [-0.39, 0.29) is 17.8 Å². The maximum Gasteiger partial charge on any atom is 0.296 e. The van der Waals surface area contributed by atoms with E-state index < -0.39 is 4.92 Å². The highest BCUT2D eigenvalue weighted by Crippen LogP contribution is 2.40. The predicted molar refractivity (Wildman–Crippen MR) is 64.1 cm³/mol. The molecule has 0 bridgehead atoms. The van der Waals surface area contributed by atoms with Gasteiger partial charge in [-0.15, -0.1) is 0 Å². The summed E-state index contributed by atoms with van der Waals surface area (Å²) in [7, 11) is 0. The third kappa shape index (κ3) is 1.92. The second kappa shape index (κ2) is 4.02. The van der Waals surface area contributed by atoms with Crippen LogP contribution in [0.25, 0.3) is 0 Å². The maximum atomic E-state index is 11.0. The van der Waals surface area contributed by atoms with Crippen LogP contribution in [0.5, 0.6) is 11.5 Å². The number of anilines is 1. The van der Waals surface area contributed by atoms with Crippen LogP contribution in [-0.2, 0) is 0 Å². The largest absolute Gasteiger partial charge is 0.486 e. The number of nitro groups is 1. The topological polar surface area (TPSA) is 99.7 Å². The fraction of sp³-hybridized carbons (Fsp3) is 0.455. The second-order valence-corrected chi connectivity index (χ2v) is 4.42. The summed E-state index contributed by atoms with van der Waals surface area (Å²) in [6.45, 7) is 0.859. The number of nitro benzene ring substituents is 1. The van der Waals surface area contributed by atoms with E-state index in [4.69, 9.17) is 15.2 Å². The van der Waals surface area contributed by atoms with Crippen molar-refractivity contribution < 1.29 is 14.4 Å². The number of hydrogen-bond acceptors (Lipinski definition) is 6. The van der Waals surface area contributed by atoms with E-state index in [1.807, 2.05) is 0 Å². The monoisotopic (exact) mass is 251 g/mol. The highest BCUT2D eigenvalue weighted by atomic mass is 16.6. The SMILES string of the molecule is NC1CC1Nc1cc2c(cc1[N+](=O)[O-])OCCO2. The van der Waals surface area contributed by atoms with Crippen LogP contribution in [0, 0.1) is 10.1 Å². The van der Waals surface area contributed by atoms with Gasteiger partial charge in [-0.25, -0.2) is 0 Å². The number of benzene rings is 1. The standard InChI is InChI=1S/C11H13N3O4/c12-6-3-7(6)13-8-4-10-11(18-2-1-17-10)5-9(8)14(15)16/h4-7,13H,1-3,12H2. The molecule has 1 saturated carbocycles. The summed E-state index contributed by atoms with van der Waals surface area (Å²) in [5.41, 5.74) is 6.11. The van der Waals surface area contributed by atoms with Gasteiger partial charge in [0, 0.05) is 18.2 Å². The van der Waals surface area contributed by atoms with E-state index in [0.717, 1.165) is 6.42 Å². The predicted octanol–water partition coefficient (Wildman–Crippen LogP) is 0.877. The average Bonchev–Trinajstić information content (AvgIpc) is 3.04. The highest BCUT2D eigenvalue weighted by Gasteiger charge is 2.35. The van der Waals surface area contributed by atoms with Crippen LogP contribution in [0.15, 0.2) is 12.1 Å². The van der Waals surface area contributed by atoms with Crippen LogP contribution < -0.4 is 20.5 Å². The molecule has 1 aromatic carbocycles. The first-order valence-electron chi connectivity index (χ1n) is 5.75. The van der Waals surface area contributed by atoms with Crippen molar-refractivity contribution in [3.63, 3.8) is 0 Å². The molecule has 1 aromatic rings. The molecule has 7 heteroatoms. The number of nitrogens with zero attached hydrogens (tertiary/aromatic N) is 1. The van der Waals surface area contributed by atoms with Crippen molar-refractivity contribution in [2.45, 2.75) is 18.5 Å². The number of fused-ring (bicyclic) bond motifs is 1. The molecule has 3 rings (SSSR count). The lowest BCUT2D eigenvalue weighted by Gasteiger charge is -2.19. The Morgan fingerprint density at radius 2 is 1.94 bits per heavy atom. The molecule has 7 nitrogen and oxygen atoms in total. The average molecular weight is 251 g/mol. The Bertz CT molecular complexity index is 505. The number of ether oxygens (including phenoxy) is 2. The van der Waals surface area contributed by atoms with Crippen LogP contribution in [0.4, 0.5) is 11.4 Å². The van der Waals surface area contributed by atoms with Gasteiger partial charge in [-0.3, -0.25) is 10.1 Å². The lowest BCUT2D eigenvalue weighted by molar-refractivity contribution is -0.384. The van der Waals surface area contributed by atoms with Gasteiger partial charge in [0.1, 0.15) is 18.9 Å². The van der Waals surface area contributed by atoms with Crippen molar-refractivity contribution in [3.8, 4) is 11.5 Å². The zero-order valence-electron chi connectivity index (χ0n) is 9.59. The van der Waals surface area contributed by atoms with E-state index in [2.05, 4.69) is 5.32 Å². The van der Waals surface area contributed by atoms with Gasteiger partial charge in [0.2, 0.25) is 0 Å². The molecule has 2 unspecified atom stereocenters. The molecular weight excluding hydrogens is 238 g/mol. The molecule has 1 aliphatic heterocycles. The van der Waals surface area contributed by atoms with Gasteiger partial charge < -0.3 is 20.5 Å². The normalized spacial score (nSPS) is 24.5. The van der Waals surface area contributed by atoms with Gasteiger partial charge in [-0.1, -0.05) is 0 Å². The summed E-state index contributed by atoms with van der Waals surface area (Å²) in [6.07, 6.45) is 0.825. The minimum absolute atomic E-state index is 0.0154. The van der Waals surface area contributed by atoms with E-state index in [9.17, 15) is 10.1 Å². The third-order valence-corrected chi connectivity index (χ3v) is 3.04. The van der Waals surface area contributed by atoms with Crippen molar-refractivity contribution in [1.29, 1.82) is 0 Å². The van der Waals surface area contributed by atoms with E-state index >= 15 is 0 Å². The summed E-state index contributed by atoms with van der Waals surface area (Å²) >= 11 is 0. The molecular formula is C11H13N3O4. The highest BCUT2D eigenvalue weighted by molar-refractivity contribution is 5.69.